The fraction of sp³-hybridized carbons (Fsp3) is 0.250. The van der Waals surface area contributed by atoms with E-state index in [-0.39, 0.29) is 41.4 Å². The summed E-state index contributed by atoms with van der Waals surface area (Å²) in [6.45, 7) is -1.34. The van der Waals surface area contributed by atoms with E-state index in [0.29, 0.717) is 0 Å². The second-order valence-electron chi connectivity index (χ2n) is 7.43. The summed E-state index contributed by atoms with van der Waals surface area (Å²) in [6.07, 6.45) is 1.11. The van der Waals surface area contributed by atoms with Gasteiger partial charge < -0.3 is 19.7 Å². The molecule has 3 heterocycles. The van der Waals surface area contributed by atoms with Crippen LogP contribution in [0.25, 0.3) is 11.3 Å². The van der Waals surface area contributed by atoms with Crippen LogP contribution in [0.5, 0.6) is 5.75 Å². The maximum absolute atomic E-state index is 14.7. The number of H-pyrrole nitrogens is 3. The topological polar surface area (TPSA) is 161 Å². The number of ether oxygens (including phenoxy) is 1. The second-order valence-corrected chi connectivity index (χ2v) is 7.43. The summed E-state index contributed by atoms with van der Waals surface area (Å²) < 4.78 is 34.7. The minimum absolute atomic E-state index is 0.0105. The lowest BCUT2D eigenvalue weighted by atomic mass is 10.1. The van der Waals surface area contributed by atoms with E-state index in [4.69, 9.17) is 9.84 Å². The average molecular weight is 461 g/mol. The van der Waals surface area contributed by atoms with Gasteiger partial charge in [0, 0.05) is 12.7 Å². The van der Waals surface area contributed by atoms with E-state index >= 15 is 0 Å². The number of alkyl halides is 2. The number of carbonyl (C=O) groups is 1. The van der Waals surface area contributed by atoms with Crippen LogP contribution in [0.3, 0.4) is 0 Å². The van der Waals surface area contributed by atoms with Crippen molar-refractivity contribution in [1.82, 2.24) is 20.2 Å². The zero-order valence-electron chi connectivity index (χ0n) is 16.8. The number of carboxylic acids is 1. The summed E-state index contributed by atoms with van der Waals surface area (Å²) in [5.41, 5.74) is -2.34. The highest BCUT2D eigenvalue weighted by atomic mass is 19.3. The van der Waals surface area contributed by atoms with Crippen molar-refractivity contribution >= 4 is 11.7 Å². The number of benzene rings is 1. The Hall–Kier alpha value is -4.29. The van der Waals surface area contributed by atoms with E-state index in [9.17, 15) is 28.0 Å². The Morgan fingerprint density at radius 1 is 1.21 bits per heavy atom. The highest BCUT2D eigenvalue weighted by molar-refractivity contribution is 5.87. The number of anilines is 1. The molecule has 0 radical (unpaired) electrons. The molecule has 0 spiro atoms. The van der Waals surface area contributed by atoms with Crippen molar-refractivity contribution in [1.29, 1.82) is 0 Å². The Kier molecular flexibility index (Phi) is 5.54. The van der Waals surface area contributed by atoms with E-state index in [1.807, 2.05) is 4.98 Å². The van der Waals surface area contributed by atoms with Gasteiger partial charge in [0.1, 0.15) is 11.4 Å². The number of hydrogen-bond donors (Lipinski definition) is 4. The molecule has 0 bridgehead atoms. The minimum atomic E-state index is -3.19. The van der Waals surface area contributed by atoms with Crippen molar-refractivity contribution < 1.29 is 23.4 Å². The molecule has 33 heavy (non-hydrogen) atoms. The minimum Gasteiger partial charge on any atom is -0.493 e. The third-order valence-corrected chi connectivity index (χ3v) is 5.21. The van der Waals surface area contributed by atoms with E-state index in [1.54, 1.807) is 0 Å². The van der Waals surface area contributed by atoms with E-state index in [1.165, 1.54) is 35.2 Å². The van der Waals surface area contributed by atoms with E-state index in [2.05, 4.69) is 15.2 Å². The van der Waals surface area contributed by atoms with Crippen LogP contribution < -0.4 is 26.4 Å². The van der Waals surface area contributed by atoms with Crippen LogP contribution in [-0.4, -0.2) is 56.9 Å². The van der Waals surface area contributed by atoms with Gasteiger partial charge >= 0.3 is 11.7 Å². The molecule has 1 unspecified atom stereocenters. The van der Waals surface area contributed by atoms with Gasteiger partial charge in [-0.25, -0.2) is 23.5 Å². The number of nitrogens with zero attached hydrogens (tertiary/aromatic N) is 2. The third-order valence-electron chi connectivity index (χ3n) is 5.21. The maximum atomic E-state index is 14.7. The van der Waals surface area contributed by atoms with Gasteiger partial charge in [0.05, 0.1) is 35.9 Å². The van der Waals surface area contributed by atoms with E-state index in [0.717, 1.165) is 6.20 Å². The Bertz CT molecular complexity index is 1360. The number of aromatic amines is 3. The fourth-order valence-electron chi connectivity index (χ4n) is 3.46. The first kappa shape index (κ1) is 21.9. The molecule has 1 atom stereocenters. The van der Waals surface area contributed by atoms with Crippen LogP contribution in [0.2, 0.25) is 0 Å². The van der Waals surface area contributed by atoms with Gasteiger partial charge in [-0.3, -0.25) is 14.6 Å². The van der Waals surface area contributed by atoms with Crippen LogP contribution in [0, 0.1) is 5.92 Å². The van der Waals surface area contributed by atoms with Gasteiger partial charge in [0.15, 0.2) is 0 Å². The highest BCUT2D eigenvalue weighted by Crippen LogP contribution is 2.35. The quantitative estimate of drug-likeness (QED) is 0.416. The molecule has 172 valence electrons. The Labute approximate surface area is 182 Å². The van der Waals surface area contributed by atoms with Crippen LogP contribution in [0.1, 0.15) is 10.4 Å². The SMILES string of the molecule is O=C(O)c1ccc(OCC2CN(c3cc(-c4c[nH]c(=O)[nH]c4=O)n[nH]c3=O)CC2(F)F)cc1. The zero-order valence-corrected chi connectivity index (χ0v) is 16.8. The number of carboxylic acid groups (broad SMARTS) is 1. The number of hydrogen-bond acceptors (Lipinski definition) is 7. The predicted molar refractivity (Wildman–Crippen MR) is 111 cm³/mol. The lowest BCUT2D eigenvalue weighted by Crippen LogP contribution is -2.32. The largest absolute Gasteiger partial charge is 0.493 e. The molecule has 2 aromatic heterocycles. The van der Waals surface area contributed by atoms with Crippen molar-refractivity contribution in [3.63, 3.8) is 0 Å². The van der Waals surface area contributed by atoms with Crippen molar-refractivity contribution in [2.75, 3.05) is 24.6 Å². The molecule has 0 amide bonds. The Morgan fingerprint density at radius 3 is 2.61 bits per heavy atom. The summed E-state index contributed by atoms with van der Waals surface area (Å²) >= 11 is 0. The van der Waals surface area contributed by atoms with Crippen molar-refractivity contribution in [3.8, 4) is 17.0 Å². The molecular weight excluding hydrogens is 444 g/mol. The van der Waals surface area contributed by atoms with Gasteiger partial charge in [-0.1, -0.05) is 0 Å². The second kappa shape index (κ2) is 8.33. The standard InChI is InChI=1S/C20H17F2N5O6/c21-20(22)9-27(7-11(20)8-33-12-3-1-10(2-4-12)18(30)31)15-5-14(25-26-17(15)29)13-6-23-19(32)24-16(13)28/h1-6,11H,7-9H2,(H,26,29)(H,30,31)(H2,23,24,28,32). The first-order chi connectivity index (χ1) is 15.6. The molecule has 13 heteroatoms. The summed E-state index contributed by atoms with van der Waals surface area (Å²) in [5.74, 6) is -5.34. The molecule has 4 rings (SSSR count). The lowest BCUT2D eigenvalue weighted by molar-refractivity contribution is -0.0354. The summed E-state index contributed by atoms with van der Waals surface area (Å²) in [6, 6.07) is 6.54. The molecule has 1 aromatic carbocycles. The summed E-state index contributed by atoms with van der Waals surface area (Å²) in [5, 5.41) is 14.9. The maximum Gasteiger partial charge on any atom is 0.335 e. The van der Waals surface area contributed by atoms with Crippen LogP contribution >= 0.6 is 0 Å². The fourth-order valence-corrected chi connectivity index (χ4v) is 3.46. The van der Waals surface area contributed by atoms with Gasteiger partial charge in [0.2, 0.25) is 0 Å². The highest BCUT2D eigenvalue weighted by Gasteiger charge is 2.49. The van der Waals surface area contributed by atoms with Crippen LogP contribution in [-0.2, 0) is 0 Å². The first-order valence-corrected chi connectivity index (χ1v) is 9.65. The van der Waals surface area contributed by atoms with Gasteiger partial charge in [-0.15, -0.1) is 0 Å². The smallest absolute Gasteiger partial charge is 0.335 e. The van der Waals surface area contributed by atoms with Crippen molar-refractivity contribution in [3.05, 3.63) is 73.3 Å². The molecule has 0 aliphatic carbocycles. The van der Waals surface area contributed by atoms with E-state index < -0.39 is 41.2 Å². The Balaban J connectivity index is 1.53. The Morgan fingerprint density at radius 2 is 1.94 bits per heavy atom. The lowest BCUT2D eigenvalue weighted by Gasteiger charge is -2.17. The van der Waals surface area contributed by atoms with Crippen molar-refractivity contribution in [2.24, 2.45) is 5.92 Å². The molecule has 1 fully saturated rings. The first-order valence-electron chi connectivity index (χ1n) is 9.65. The summed E-state index contributed by atoms with van der Waals surface area (Å²) in [7, 11) is 0. The third kappa shape index (κ3) is 4.51. The normalized spacial score (nSPS) is 17.2. The van der Waals surface area contributed by atoms with Crippen LogP contribution in [0.4, 0.5) is 14.5 Å². The van der Waals surface area contributed by atoms with Crippen LogP contribution in [0.15, 0.2) is 50.9 Å². The number of aromatic nitrogens is 4. The zero-order chi connectivity index (χ0) is 23.8. The molecule has 1 saturated heterocycles. The molecule has 3 aromatic rings. The predicted octanol–water partition coefficient (Wildman–Crippen LogP) is 0.662. The number of aromatic carboxylic acids is 1. The molecule has 1 aliphatic heterocycles. The molecule has 0 saturated carbocycles. The summed E-state index contributed by atoms with van der Waals surface area (Å²) in [4.78, 5) is 51.9. The molecular formula is C20H17F2N5O6. The molecule has 4 N–H and O–H groups in total. The van der Waals surface area contributed by atoms with Gasteiger partial charge in [-0.05, 0) is 30.3 Å². The van der Waals surface area contributed by atoms with Crippen molar-refractivity contribution in [2.45, 2.75) is 5.92 Å². The number of rotatable bonds is 6. The average Bonchev–Trinajstić information content (AvgIpc) is 3.07. The van der Waals surface area contributed by atoms with Gasteiger partial charge in [0.25, 0.3) is 17.0 Å². The number of halogens is 2. The number of nitrogens with one attached hydrogen (secondary N) is 3. The van der Waals surface area contributed by atoms with Gasteiger partial charge in [-0.2, -0.15) is 5.10 Å². The molecule has 1 aliphatic rings. The molecule has 11 nitrogen and oxygen atoms in total. The monoisotopic (exact) mass is 461 g/mol.